The third-order valence-electron chi connectivity index (χ3n) is 3.67. The lowest BCUT2D eigenvalue weighted by Gasteiger charge is -2.38. The lowest BCUT2D eigenvalue weighted by molar-refractivity contribution is -0.234. The van der Waals surface area contributed by atoms with E-state index in [1.165, 1.54) is 5.06 Å². The van der Waals surface area contributed by atoms with Crippen molar-refractivity contribution in [3.63, 3.8) is 0 Å². The van der Waals surface area contributed by atoms with Crippen molar-refractivity contribution in [3.05, 3.63) is 52.3 Å². The van der Waals surface area contributed by atoms with Crippen LogP contribution in [0.3, 0.4) is 0 Å². The van der Waals surface area contributed by atoms with Gasteiger partial charge >= 0.3 is 11.7 Å². The van der Waals surface area contributed by atoms with Gasteiger partial charge in [-0.3, -0.25) is 9.63 Å². The van der Waals surface area contributed by atoms with Crippen LogP contribution < -0.4 is 0 Å². The van der Waals surface area contributed by atoms with Gasteiger partial charge in [0.05, 0.1) is 19.6 Å². The quantitative estimate of drug-likeness (QED) is 0.270. The van der Waals surface area contributed by atoms with E-state index in [1.807, 2.05) is 30.3 Å². The summed E-state index contributed by atoms with van der Waals surface area (Å²) < 4.78 is 4.40. The summed E-state index contributed by atoms with van der Waals surface area (Å²) in [6.07, 6.45) is 0.714. The number of esters is 1. The molecular formula is C16H18N3O5+. The van der Waals surface area contributed by atoms with E-state index in [-0.39, 0.29) is 25.0 Å². The number of aliphatic hydroxyl groups is 1. The van der Waals surface area contributed by atoms with Gasteiger partial charge in [-0.2, -0.15) is 0 Å². The van der Waals surface area contributed by atoms with Gasteiger partial charge < -0.3 is 9.84 Å². The molecule has 0 radical (unpaired) electrons. The molecule has 1 aliphatic heterocycles. The molecular weight excluding hydrogens is 314 g/mol. The molecule has 1 amide bonds. The fraction of sp³-hybridized carbons (Fsp3) is 0.375. The Hall–Kier alpha value is -2.92. The van der Waals surface area contributed by atoms with E-state index in [2.05, 4.69) is 9.71 Å². The highest BCUT2D eigenvalue weighted by atomic mass is 16.7. The van der Waals surface area contributed by atoms with E-state index in [0.717, 1.165) is 12.7 Å². The zero-order valence-electron chi connectivity index (χ0n) is 13.2. The Bertz CT molecular complexity index is 681. The summed E-state index contributed by atoms with van der Waals surface area (Å²) >= 11 is 0. The van der Waals surface area contributed by atoms with E-state index < -0.39 is 17.4 Å². The number of β-lactam (4-membered cyclic amide) rings is 1. The van der Waals surface area contributed by atoms with Crippen LogP contribution in [0.4, 0.5) is 0 Å². The van der Waals surface area contributed by atoms with Crippen LogP contribution in [-0.2, 0) is 25.8 Å². The zero-order valence-corrected chi connectivity index (χ0v) is 13.2. The maximum Gasteiger partial charge on any atom is 0.505 e. The first-order valence-corrected chi connectivity index (χ1v) is 7.41. The fourth-order valence-electron chi connectivity index (χ4n) is 2.32. The molecule has 1 heterocycles. The summed E-state index contributed by atoms with van der Waals surface area (Å²) in [5.41, 5.74) is 0.394. The number of rotatable bonds is 7. The van der Waals surface area contributed by atoms with Crippen molar-refractivity contribution in [3.8, 4) is 0 Å². The van der Waals surface area contributed by atoms with Crippen LogP contribution in [0.2, 0.25) is 0 Å². The molecule has 1 aliphatic rings. The van der Waals surface area contributed by atoms with Gasteiger partial charge in [-0.15, -0.1) is 0 Å². The van der Waals surface area contributed by atoms with Crippen LogP contribution >= 0.6 is 0 Å². The Balaban J connectivity index is 1.88. The van der Waals surface area contributed by atoms with Gasteiger partial charge in [-0.1, -0.05) is 30.3 Å². The molecule has 1 aromatic carbocycles. The number of nitrogens with zero attached hydrogens (tertiary/aromatic N) is 3. The van der Waals surface area contributed by atoms with Gasteiger partial charge in [0, 0.05) is 6.42 Å². The summed E-state index contributed by atoms with van der Waals surface area (Å²) in [7, 11) is 1.12. The molecule has 1 unspecified atom stereocenters. The zero-order chi connectivity index (χ0) is 17.5. The Labute approximate surface area is 138 Å². The summed E-state index contributed by atoms with van der Waals surface area (Å²) in [6, 6.07) is 9.22. The van der Waals surface area contributed by atoms with E-state index >= 15 is 0 Å². The number of allylic oxidation sites excluding steroid dienone is 1. The van der Waals surface area contributed by atoms with Crippen molar-refractivity contribution in [1.29, 1.82) is 5.39 Å². The number of carbonyl (C=O) groups excluding carboxylic acids is 2. The van der Waals surface area contributed by atoms with E-state index in [9.17, 15) is 14.7 Å². The van der Waals surface area contributed by atoms with Crippen LogP contribution in [-0.4, -0.2) is 35.2 Å². The first-order chi connectivity index (χ1) is 11.6. The number of benzene rings is 1. The van der Waals surface area contributed by atoms with E-state index in [0.29, 0.717) is 12.8 Å². The number of ether oxygens (including phenoxy) is 1. The highest BCUT2D eigenvalue weighted by molar-refractivity contribution is 5.90. The minimum atomic E-state index is -0.933. The third-order valence-corrected chi connectivity index (χ3v) is 3.67. The maximum atomic E-state index is 11.6. The van der Waals surface area contributed by atoms with Gasteiger partial charge in [-0.25, -0.2) is 9.86 Å². The smallest absolute Gasteiger partial charge is 0.505 e. The molecule has 0 spiro atoms. The van der Waals surface area contributed by atoms with Gasteiger partial charge in [0.2, 0.25) is 11.3 Å². The van der Waals surface area contributed by atoms with Gasteiger partial charge in [0.15, 0.2) is 10.7 Å². The molecule has 0 bridgehead atoms. The first-order valence-electron chi connectivity index (χ1n) is 7.41. The Morgan fingerprint density at radius 1 is 1.42 bits per heavy atom. The Morgan fingerprint density at radius 3 is 2.71 bits per heavy atom. The molecule has 126 valence electrons. The standard InChI is InChI=1S/C16H17N3O5/c1-23-16(22)15(18-17)13(20)8-7-12-9-14(21)19(12)24-10-11-5-3-2-4-6-11/h2-6,12H,7-10H2,1H3/p+1. The van der Waals surface area contributed by atoms with E-state index in [1.54, 1.807) is 0 Å². The average molecular weight is 332 g/mol. The van der Waals surface area contributed by atoms with Crippen molar-refractivity contribution in [2.75, 3.05) is 7.11 Å². The first kappa shape index (κ1) is 17.4. The highest BCUT2D eigenvalue weighted by Gasteiger charge is 2.38. The van der Waals surface area contributed by atoms with Crippen molar-refractivity contribution in [2.24, 2.45) is 0 Å². The van der Waals surface area contributed by atoms with Crippen molar-refractivity contribution in [1.82, 2.24) is 5.06 Å². The number of amides is 1. The number of diazo groups is 1. The minimum Gasteiger partial charge on any atom is -0.505 e. The second-order valence-corrected chi connectivity index (χ2v) is 5.26. The molecule has 0 aromatic heterocycles. The van der Waals surface area contributed by atoms with Gasteiger partial charge in [0.25, 0.3) is 0 Å². The topological polar surface area (TPSA) is 104 Å². The Morgan fingerprint density at radius 2 is 2.12 bits per heavy atom. The van der Waals surface area contributed by atoms with Crippen molar-refractivity contribution < 1.29 is 24.3 Å². The van der Waals surface area contributed by atoms with Gasteiger partial charge in [-0.05, 0) is 12.0 Å². The number of hydroxylamine groups is 2. The molecule has 1 fully saturated rings. The van der Waals surface area contributed by atoms with Gasteiger partial charge in [0.1, 0.15) is 6.61 Å². The van der Waals surface area contributed by atoms with Crippen LogP contribution in [0, 0.1) is 5.39 Å². The normalized spacial score (nSPS) is 17.6. The monoisotopic (exact) mass is 332 g/mol. The third kappa shape index (κ3) is 4.08. The molecule has 8 nitrogen and oxygen atoms in total. The van der Waals surface area contributed by atoms with Crippen LogP contribution in [0.5, 0.6) is 0 Å². The van der Waals surface area contributed by atoms with E-state index in [4.69, 9.17) is 10.2 Å². The Kier molecular flexibility index (Phi) is 5.87. The van der Waals surface area contributed by atoms with Crippen LogP contribution in [0.15, 0.2) is 41.8 Å². The number of hydrogen-bond acceptors (Lipinski definition) is 6. The molecule has 1 aromatic rings. The summed E-state index contributed by atoms with van der Waals surface area (Å²) in [4.78, 5) is 31.2. The summed E-state index contributed by atoms with van der Waals surface area (Å²) in [6.45, 7) is 0.268. The molecule has 1 N–H and O–H groups in total. The summed E-state index contributed by atoms with van der Waals surface area (Å²) in [5.74, 6) is -1.47. The SMILES string of the molecule is COC(=O)/C([N+]#N)=C(\O)CCC1CC(=O)N1OCc1ccccc1. The number of methoxy groups -OCH3 is 1. The second kappa shape index (κ2) is 8.08. The van der Waals surface area contributed by atoms with Crippen LogP contribution in [0.1, 0.15) is 24.8 Å². The minimum absolute atomic E-state index is 0.0532. The molecule has 1 atom stereocenters. The molecule has 2 rings (SSSR count). The molecule has 0 saturated carbocycles. The molecule has 1 saturated heterocycles. The van der Waals surface area contributed by atoms with Crippen molar-refractivity contribution in [2.45, 2.75) is 31.9 Å². The number of carbonyl (C=O) groups is 2. The second-order valence-electron chi connectivity index (χ2n) is 5.26. The lowest BCUT2D eigenvalue weighted by Crippen LogP contribution is -2.52. The number of hydrogen-bond donors (Lipinski definition) is 1. The number of aliphatic hydroxyl groups excluding tert-OH is 1. The van der Waals surface area contributed by atoms with Crippen molar-refractivity contribution >= 4 is 11.9 Å². The molecule has 0 aliphatic carbocycles. The largest absolute Gasteiger partial charge is 0.505 e. The highest BCUT2D eigenvalue weighted by Crippen LogP contribution is 2.26. The summed E-state index contributed by atoms with van der Waals surface area (Å²) in [5, 5.41) is 19.8. The lowest BCUT2D eigenvalue weighted by atomic mass is 9.99. The average Bonchev–Trinajstić information content (AvgIpc) is 2.59. The predicted octanol–water partition coefficient (Wildman–Crippen LogP) is 2.29. The van der Waals surface area contributed by atoms with Crippen LogP contribution in [0.25, 0.3) is 4.98 Å². The molecule has 24 heavy (non-hydrogen) atoms. The maximum absolute atomic E-state index is 11.6. The predicted molar refractivity (Wildman–Crippen MR) is 82.5 cm³/mol. The molecule has 8 heteroatoms. The fourth-order valence-corrected chi connectivity index (χ4v) is 2.32.